The highest BCUT2D eigenvalue weighted by Crippen LogP contribution is 2.35. The van der Waals surface area contributed by atoms with Crippen molar-refractivity contribution < 1.29 is 22.7 Å². The number of rotatable bonds is 3. The third-order valence-electron chi connectivity index (χ3n) is 4.36. The first-order valence-corrected chi connectivity index (χ1v) is 9.16. The lowest BCUT2D eigenvalue weighted by Crippen LogP contribution is -2.32. The fraction of sp³-hybridized carbons (Fsp3) is 0.389. The molecule has 1 amide bonds. The van der Waals surface area contributed by atoms with Crippen molar-refractivity contribution in [2.24, 2.45) is 0 Å². The second-order valence-corrected chi connectivity index (χ2v) is 6.96. The van der Waals surface area contributed by atoms with Gasteiger partial charge in [-0.15, -0.1) is 0 Å². The molecule has 0 unspecified atom stereocenters. The molecule has 3 rings (SSSR count). The molecule has 0 bridgehead atoms. The van der Waals surface area contributed by atoms with Gasteiger partial charge < -0.3 is 20.7 Å². The van der Waals surface area contributed by atoms with Crippen molar-refractivity contribution in [3.63, 3.8) is 0 Å². The standard InChI is InChI=1S/C18H19ClF3N5O2/c1-10-7-15(26-17(23)24-10)27-5-2-6-29-9-14(27)12-8-11(3-4-13(12)19)25-16(28)18(20,21)22/h3-4,7-8,14H,2,5-6,9H2,1H3,(H,25,28)(H2,23,24,26)/t14-/m0/s1. The summed E-state index contributed by atoms with van der Waals surface area (Å²) in [4.78, 5) is 21.6. The Morgan fingerprint density at radius 3 is 2.79 bits per heavy atom. The highest BCUT2D eigenvalue weighted by molar-refractivity contribution is 6.31. The minimum Gasteiger partial charge on any atom is -0.379 e. The molecule has 2 aromatic rings. The van der Waals surface area contributed by atoms with Crippen LogP contribution in [0.5, 0.6) is 0 Å². The molecular weight excluding hydrogens is 411 g/mol. The SMILES string of the molecule is Cc1cc(N2CCCOC[C@H]2c2cc(NC(=O)C(F)(F)F)ccc2Cl)nc(N)n1. The Bertz CT molecular complexity index is 889. The average Bonchev–Trinajstić information content (AvgIpc) is 2.87. The number of carbonyl (C=O) groups is 1. The molecule has 7 nitrogen and oxygen atoms in total. The van der Waals surface area contributed by atoms with Crippen LogP contribution in [0.15, 0.2) is 24.3 Å². The van der Waals surface area contributed by atoms with Gasteiger partial charge in [-0.3, -0.25) is 4.79 Å². The summed E-state index contributed by atoms with van der Waals surface area (Å²) in [7, 11) is 0. The Morgan fingerprint density at radius 2 is 2.10 bits per heavy atom. The molecule has 29 heavy (non-hydrogen) atoms. The van der Waals surface area contributed by atoms with Crippen molar-refractivity contribution in [1.82, 2.24) is 9.97 Å². The summed E-state index contributed by atoms with van der Waals surface area (Å²) < 4.78 is 43.4. The van der Waals surface area contributed by atoms with Gasteiger partial charge in [-0.05, 0) is 37.1 Å². The Balaban J connectivity index is 1.98. The molecule has 11 heteroatoms. The van der Waals surface area contributed by atoms with Crippen LogP contribution in [-0.2, 0) is 9.53 Å². The van der Waals surface area contributed by atoms with Gasteiger partial charge in [-0.1, -0.05) is 11.6 Å². The molecule has 1 aliphatic rings. The molecule has 156 valence electrons. The van der Waals surface area contributed by atoms with Crippen LogP contribution in [0.2, 0.25) is 5.02 Å². The maximum absolute atomic E-state index is 12.6. The van der Waals surface area contributed by atoms with Gasteiger partial charge in [-0.25, -0.2) is 4.98 Å². The van der Waals surface area contributed by atoms with Crippen LogP contribution in [0.4, 0.5) is 30.6 Å². The van der Waals surface area contributed by atoms with Crippen molar-refractivity contribution >= 4 is 35.0 Å². The second kappa shape index (κ2) is 8.42. The Morgan fingerprint density at radius 1 is 1.34 bits per heavy atom. The van der Waals surface area contributed by atoms with E-state index in [0.29, 0.717) is 41.7 Å². The Hall–Kier alpha value is -2.59. The maximum atomic E-state index is 12.6. The molecule has 2 heterocycles. The van der Waals surface area contributed by atoms with Gasteiger partial charge in [-0.2, -0.15) is 18.2 Å². The highest BCUT2D eigenvalue weighted by Gasteiger charge is 2.39. The lowest BCUT2D eigenvalue weighted by atomic mass is 10.0. The van der Waals surface area contributed by atoms with Crippen molar-refractivity contribution in [2.45, 2.75) is 25.6 Å². The number of aryl methyl sites for hydroxylation is 1. The number of hydrogen-bond acceptors (Lipinski definition) is 6. The average molecular weight is 430 g/mol. The van der Waals surface area contributed by atoms with Crippen molar-refractivity contribution in [2.75, 3.05) is 35.7 Å². The fourth-order valence-electron chi connectivity index (χ4n) is 3.11. The van der Waals surface area contributed by atoms with E-state index in [1.165, 1.54) is 18.2 Å². The van der Waals surface area contributed by atoms with E-state index in [9.17, 15) is 18.0 Å². The van der Waals surface area contributed by atoms with Gasteiger partial charge in [0.1, 0.15) is 5.82 Å². The lowest BCUT2D eigenvalue weighted by Gasteiger charge is -2.31. The molecular formula is C18H19ClF3N5O2. The van der Waals surface area contributed by atoms with Gasteiger partial charge in [0.25, 0.3) is 0 Å². The minimum atomic E-state index is -4.99. The molecule has 1 atom stereocenters. The van der Waals surface area contributed by atoms with Gasteiger partial charge in [0.15, 0.2) is 0 Å². The summed E-state index contributed by atoms with van der Waals surface area (Å²) >= 11 is 6.35. The van der Waals surface area contributed by atoms with Gasteiger partial charge >= 0.3 is 12.1 Å². The third-order valence-corrected chi connectivity index (χ3v) is 4.71. The molecule has 0 saturated carbocycles. The number of nitrogens with zero attached hydrogens (tertiary/aromatic N) is 3. The van der Waals surface area contributed by atoms with E-state index < -0.39 is 18.1 Å². The minimum absolute atomic E-state index is 0.0192. The third kappa shape index (κ3) is 5.07. The number of aromatic nitrogens is 2. The first kappa shape index (κ1) is 21.1. The second-order valence-electron chi connectivity index (χ2n) is 6.55. The summed E-state index contributed by atoms with van der Waals surface area (Å²) in [5, 5.41) is 2.18. The number of hydrogen-bond donors (Lipinski definition) is 2. The largest absolute Gasteiger partial charge is 0.471 e. The monoisotopic (exact) mass is 429 g/mol. The summed E-state index contributed by atoms with van der Waals surface area (Å²) in [6.45, 7) is 3.09. The molecule has 1 aromatic heterocycles. The zero-order valence-electron chi connectivity index (χ0n) is 15.5. The molecule has 1 saturated heterocycles. The summed E-state index contributed by atoms with van der Waals surface area (Å²) in [6, 6.07) is 5.48. The van der Waals surface area contributed by atoms with Gasteiger partial charge in [0.2, 0.25) is 5.95 Å². The van der Waals surface area contributed by atoms with Crippen molar-refractivity contribution in [1.29, 1.82) is 0 Å². The molecule has 0 aliphatic carbocycles. The zero-order chi connectivity index (χ0) is 21.2. The molecule has 3 N–H and O–H groups in total. The van der Waals surface area contributed by atoms with Crippen LogP contribution in [0.1, 0.15) is 23.7 Å². The number of benzene rings is 1. The quantitative estimate of drug-likeness (QED) is 0.775. The lowest BCUT2D eigenvalue weighted by molar-refractivity contribution is -0.167. The molecule has 1 aromatic carbocycles. The fourth-order valence-corrected chi connectivity index (χ4v) is 3.35. The molecule has 0 spiro atoms. The summed E-state index contributed by atoms with van der Waals surface area (Å²) in [5.41, 5.74) is 6.94. The van der Waals surface area contributed by atoms with E-state index in [1.54, 1.807) is 13.0 Å². The van der Waals surface area contributed by atoms with E-state index in [0.717, 1.165) is 0 Å². The molecule has 0 radical (unpaired) electrons. The Kier molecular flexibility index (Phi) is 6.13. The van der Waals surface area contributed by atoms with Crippen LogP contribution in [0, 0.1) is 6.92 Å². The topological polar surface area (TPSA) is 93.4 Å². The van der Waals surface area contributed by atoms with E-state index in [2.05, 4.69) is 9.97 Å². The molecule has 1 aliphatic heterocycles. The normalized spacial score (nSPS) is 17.7. The van der Waals surface area contributed by atoms with Crippen molar-refractivity contribution in [3.8, 4) is 0 Å². The Labute approximate surface area is 170 Å². The van der Waals surface area contributed by atoms with Crippen LogP contribution in [0.3, 0.4) is 0 Å². The number of carbonyl (C=O) groups excluding carboxylic acids is 1. The first-order valence-electron chi connectivity index (χ1n) is 8.78. The number of halogens is 4. The number of alkyl halides is 3. The molecule has 1 fully saturated rings. The predicted octanol–water partition coefficient (Wildman–Crippen LogP) is 3.49. The number of amides is 1. The van der Waals surface area contributed by atoms with Crippen LogP contribution < -0.4 is 16.0 Å². The van der Waals surface area contributed by atoms with E-state index in [1.807, 2.05) is 10.2 Å². The zero-order valence-corrected chi connectivity index (χ0v) is 16.2. The van der Waals surface area contributed by atoms with Gasteiger partial charge in [0.05, 0.1) is 12.6 Å². The van der Waals surface area contributed by atoms with Crippen LogP contribution >= 0.6 is 11.6 Å². The van der Waals surface area contributed by atoms with E-state index in [4.69, 9.17) is 22.1 Å². The summed E-state index contributed by atoms with van der Waals surface area (Å²) in [6.07, 6.45) is -4.28. The summed E-state index contributed by atoms with van der Waals surface area (Å²) in [5.74, 6) is -1.38. The van der Waals surface area contributed by atoms with Crippen LogP contribution in [0.25, 0.3) is 0 Å². The van der Waals surface area contributed by atoms with E-state index in [-0.39, 0.29) is 18.2 Å². The van der Waals surface area contributed by atoms with E-state index >= 15 is 0 Å². The first-order chi connectivity index (χ1) is 13.6. The highest BCUT2D eigenvalue weighted by atomic mass is 35.5. The van der Waals surface area contributed by atoms with Crippen molar-refractivity contribution in [3.05, 3.63) is 40.5 Å². The van der Waals surface area contributed by atoms with Gasteiger partial charge in [0, 0.05) is 35.6 Å². The predicted molar refractivity (Wildman–Crippen MR) is 103 cm³/mol. The number of nitrogen functional groups attached to an aromatic ring is 1. The van der Waals surface area contributed by atoms with Crippen LogP contribution in [-0.4, -0.2) is 41.8 Å². The number of nitrogens with two attached hydrogens (primary N) is 1. The smallest absolute Gasteiger partial charge is 0.379 e. The number of nitrogens with one attached hydrogen (secondary N) is 1. The number of ether oxygens (including phenoxy) is 1. The number of anilines is 3. The maximum Gasteiger partial charge on any atom is 0.471 e.